The van der Waals surface area contributed by atoms with Crippen LogP contribution in [-0.4, -0.2) is 28.6 Å². The van der Waals surface area contributed by atoms with Crippen molar-refractivity contribution >= 4 is 0 Å². The Hall–Kier alpha value is -2.99. The van der Waals surface area contributed by atoms with Crippen molar-refractivity contribution in [2.45, 2.75) is 26.3 Å². The molecule has 0 radical (unpaired) electrons. The molecule has 0 saturated carbocycles. The van der Waals surface area contributed by atoms with Crippen LogP contribution in [0.15, 0.2) is 53.3 Å². The molecule has 0 spiro atoms. The van der Waals surface area contributed by atoms with Crippen molar-refractivity contribution in [2.75, 3.05) is 13.7 Å². The van der Waals surface area contributed by atoms with E-state index >= 15 is 0 Å². The lowest BCUT2D eigenvalue weighted by Gasteiger charge is -2.16. The number of phenols is 1. The van der Waals surface area contributed by atoms with E-state index in [4.69, 9.17) is 4.74 Å². The normalized spacial score (nSPS) is 11.0. The number of hydrogen-bond donors (Lipinski definition) is 1. The van der Waals surface area contributed by atoms with Crippen LogP contribution in [0.25, 0.3) is 11.1 Å². The van der Waals surface area contributed by atoms with Gasteiger partial charge in [-0.15, -0.1) is 0 Å². The first kappa shape index (κ1) is 19.8. The van der Waals surface area contributed by atoms with Gasteiger partial charge >= 0.3 is 0 Å². The second kappa shape index (κ2) is 8.80. The molecule has 0 aliphatic heterocycles. The third-order valence-corrected chi connectivity index (χ3v) is 4.66. The number of ether oxygens (including phenoxy) is 1. The molecule has 0 amide bonds. The summed E-state index contributed by atoms with van der Waals surface area (Å²) in [7, 11) is 1.57. The summed E-state index contributed by atoms with van der Waals surface area (Å²) < 4.78 is 20.0. The Morgan fingerprint density at radius 1 is 1.14 bits per heavy atom. The summed E-state index contributed by atoms with van der Waals surface area (Å²) in [5, 5.41) is 14.7. The van der Waals surface area contributed by atoms with Crippen LogP contribution >= 0.6 is 0 Å². The molecule has 28 heavy (non-hydrogen) atoms. The van der Waals surface area contributed by atoms with Crippen LogP contribution in [0.1, 0.15) is 16.8 Å². The molecule has 0 aliphatic carbocycles. The number of rotatable bonds is 7. The van der Waals surface area contributed by atoms with E-state index in [0.29, 0.717) is 48.4 Å². The number of nitrogens with zero attached hydrogens (tertiary/aromatic N) is 2. The van der Waals surface area contributed by atoms with E-state index in [1.165, 1.54) is 16.8 Å². The maximum absolute atomic E-state index is 13.5. The molecule has 0 bridgehead atoms. The van der Waals surface area contributed by atoms with E-state index in [1.807, 2.05) is 13.0 Å². The standard InChI is InChI=1S/C22H23FN2O3/c1-15-21(18-8-3-4-9-20(18)26)19(22(27)25(24-15)12-13-28-2)11-10-16-6-5-7-17(23)14-16/h3-9,14,26H,10-13H2,1-2H3. The van der Waals surface area contributed by atoms with Gasteiger partial charge in [0.25, 0.3) is 5.56 Å². The number of aromatic hydroxyl groups is 1. The molecule has 1 heterocycles. The average molecular weight is 382 g/mol. The Morgan fingerprint density at radius 3 is 2.64 bits per heavy atom. The van der Waals surface area contributed by atoms with Gasteiger partial charge in [-0.3, -0.25) is 4.79 Å². The minimum Gasteiger partial charge on any atom is -0.507 e. The Balaban J connectivity index is 2.09. The van der Waals surface area contributed by atoms with Gasteiger partial charge in [-0.2, -0.15) is 5.10 Å². The van der Waals surface area contributed by atoms with Gasteiger partial charge in [0.15, 0.2) is 0 Å². The van der Waals surface area contributed by atoms with Crippen molar-refractivity contribution in [1.82, 2.24) is 9.78 Å². The van der Waals surface area contributed by atoms with E-state index in [2.05, 4.69) is 5.10 Å². The number of halogens is 1. The predicted octanol–water partition coefficient (Wildman–Crippen LogP) is 3.50. The van der Waals surface area contributed by atoms with Crippen molar-refractivity contribution in [3.63, 3.8) is 0 Å². The van der Waals surface area contributed by atoms with Crippen LogP contribution in [0.2, 0.25) is 0 Å². The fourth-order valence-electron chi connectivity index (χ4n) is 3.32. The SMILES string of the molecule is COCCn1nc(C)c(-c2ccccc2O)c(CCc2cccc(F)c2)c1=O. The highest BCUT2D eigenvalue weighted by atomic mass is 19.1. The topological polar surface area (TPSA) is 64.3 Å². The molecule has 0 atom stereocenters. The van der Waals surface area contributed by atoms with Gasteiger partial charge in [0, 0.05) is 23.8 Å². The molecule has 3 aromatic rings. The molecule has 0 unspecified atom stereocenters. The fourth-order valence-corrected chi connectivity index (χ4v) is 3.32. The quantitative estimate of drug-likeness (QED) is 0.679. The summed E-state index contributed by atoms with van der Waals surface area (Å²) >= 11 is 0. The largest absolute Gasteiger partial charge is 0.507 e. The second-order valence-corrected chi connectivity index (χ2v) is 6.61. The van der Waals surface area contributed by atoms with E-state index < -0.39 is 0 Å². The lowest BCUT2D eigenvalue weighted by Crippen LogP contribution is -2.30. The first-order chi connectivity index (χ1) is 13.5. The van der Waals surface area contributed by atoms with Gasteiger partial charge in [-0.05, 0) is 43.5 Å². The molecule has 1 N–H and O–H groups in total. The Bertz CT molecular complexity index is 1030. The van der Waals surface area contributed by atoms with Crippen molar-refractivity contribution in [1.29, 1.82) is 0 Å². The third-order valence-electron chi connectivity index (χ3n) is 4.66. The van der Waals surface area contributed by atoms with Crippen molar-refractivity contribution in [2.24, 2.45) is 0 Å². The smallest absolute Gasteiger partial charge is 0.270 e. The number of phenolic OH excluding ortho intramolecular Hbond substituents is 1. The Morgan fingerprint density at radius 2 is 1.93 bits per heavy atom. The molecular weight excluding hydrogens is 359 g/mol. The fraction of sp³-hybridized carbons (Fsp3) is 0.273. The molecule has 0 saturated heterocycles. The molecule has 1 aromatic heterocycles. The Kier molecular flexibility index (Phi) is 6.21. The maximum atomic E-state index is 13.5. The van der Waals surface area contributed by atoms with Gasteiger partial charge in [-0.1, -0.05) is 30.3 Å². The minimum atomic E-state index is -0.304. The number of benzene rings is 2. The molecule has 5 nitrogen and oxygen atoms in total. The lowest BCUT2D eigenvalue weighted by atomic mass is 9.94. The van der Waals surface area contributed by atoms with E-state index in [9.17, 15) is 14.3 Å². The molecule has 0 fully saturated rings. The number of methoxy groups -OCH3 is 1. The summed E-state index contributed by atoms with van der Waals surface area (Å²) in [5.74, 6) is -0.213. The van der Waals surface area contributed by atoms with Crippen LogP contribution in [0, 0.1) is 12.7 Å². The molecule has 2 aromatic carbocycles. The summed E-state index contributed by atoms with van der Waals surface area (Å²) in [6.45, 7) is 2.52. The summed E-state index contributed by atoms with van der Waals surface area (Å²) in [6, 6.07) is 13.2. The highest BCUT2D eigenvalue weighted by Gasteiger charge is 2.19. The van der Waals surface area contributed by atoms with Gasteiger partial charge in [-0.25, -0.2) is 9.07 Å². The van der Waals surface area contributed by atoms with E-state index in [-0.39, 0.29) is 17.1 Å². The molecule has 6 heteroatoms. The minimum absolute atomic E-state index is 0.0912. The van der Waals surface area contributed by atoms with Crippen LogP contribution < -0.4 is 5.56 Å². The maximum Gasteiger partial charge on any atom is 0.270 e. The van der Waals surface area contributed by atoms with Crippen molar-refractivity contribution in [3.8, 4) is 16.9 Å². The van der Waals surface area contributed by atoms with Gasteiger partial charge in [0.1, 0.15) is 11.6 Å². The molecule has 0 aliphatic rings. The van der Waals surface area contributed by atoms with E-state index in [1.54, 1.807) is 37.4 Å². The average Bonchev–Trinajstić information content (AvgIpc) is 2.68. The number of hydrogen-bond acceptors (Lipinski definition) is 4. The van der Waals surface area contributed by atoms with Crippen molar-refractivity contribution in [3.05, 3.63) is 81.5 Å². The monoisotopic (exact) mass is 382 g/mol. The summed E-state index contributed by atoms with van der Waals surface area (Å²) in [6.07, 6.45) is 0.906. The second-order valence-electron chi connectivity index (χ2n) is 6.61. The summed E-state index contributed by atoms with van der Waals surface area (Å²) in [4.78, 5) is 13.1. The van der Waals surface area contributed by atoms with Gasteiger partial charge in [0.05, 0.1) is 18.8 Å². The van der Waals surface area contributed by atoms with E-state index in [0.717, 1.165) is 5.56 Å². The van der Waals surface area contributed by atoms with Crippen LogP contribution in [0.4, 0.5) is 4.39 Å². The lowest BCUT2D eigenvalue weighted by molar-refractivity contribution is 0.181. The Labute approximate surface area is 163 Å². The zero-order valence-electron chi connectivity index (χ0n) is 16.0. The van der Waals surface area contributed by atoms with Crippen LogP contribution in [-0.2, 0) is 24.1 Å². The van der Waals surface area contributed by atoms with Gasteiger partial charge < -0.3 is 9.84 Å². The van der Waals surface area contributed by atoms with Crippen molar-refractivity contribution < 1.29 is 14.2 Å². The summed E-state index contributed by atoms with van der Waals surface area (Å²) in [5.41, 5.74) is 2.98. The van der Waals surface area contributed by atoms with Crippen LogP contribution in [0.5, 0.6) is 5.75 Å². The molecule has 3 rings (SSSR count). The predicted molar refractivity (Wildman–Crippen MR) is 106 cm³/mol. The molecular formula is C22H23FN2O3. The highest BCUT2D eigenvalue weighted by molar-refractivity contribution is 5.74. The number of aromatic nitrogens is 2. The van der Waals surface area contributed by atoms with Gasteiger partial charge in [0.2, 0.25) is 0 Å². The van der Waals surface area contributed by atoms with Crippen LogP contribution in [0.3, 0.4) is 0 Å². The number of aryl methyl sites for hydroxylation is 2. The highest BCUT2D eigenvalue weighted by Crippen LogP contribution is 2.32. The third kappa shape index (κ3) is 4.28. The zero-order valence-corrected chi connectivity index (χ0v) is 16.0. The molecule has 146 valence electrons. The zero-order chi connectivity index (χ0) is 20.1. The first-order valence-electron chi connectivity index (χ1n) is 9.13. The number of para-hydroxylation sites is 1. The first-order valence-corrected chi connectivity index (χ1v) is 9.13.